The molecule has 1 heterocycles. The van der Waals surface area contributed by atoms with Crippen LogP contribution in [0.3, 0.4) is 0 Å². The molecule has 2 fully saturated rings. The maximum Gasteiger partial charge on any atom is 0.303 e. The summed E-state index contributed by atoms with van der Waals surface area (Å²) in [5.74, 6) is -1.18. The number of hydrogen-bond donors (Lipinski definition) is 1. The minimum absolute atomic E-state index is 0.0461. The molecule has 0 unspecified atom stereocenters. The molecule has 0 aromatic rings. The molecule has 100 valence electrons. The van der Waals surface area contributed by atoms with Crippen LogP contribution in [0.15, 0.2) is 0 Å². The highest BCUT2D eigenvalue weighted by Crippen LogP contribution is 2.46. The van der Waals surface area contributed by atoms with Crippen LogP contribution < -0.4 is 0 Å². The Balaban J connectivity index is 2.11. The van der Waals surface area contributed by atoms with Crippen molar-refractivity contribution in [1.29, 1.82) is 0 Å². The van der Waals surface area contributed by atoms with E-state index in [1.807, 2.05) is 0 Å². The summed E-state index contributed by atoms with van der Waals surface area (Å²) < 4.78 is 0. The second-order valence-corrected chi connectivity index (χ2v) is 6.27. The molecule has 2 aliphatic rings. The van der Waals surface area contributed by atoms with E-state index in [1.54, 1.807) is 13.8 Å². The third-order valence-corrected chi connectivity index (χ3v) is 4.15. The first kappa shape index (κ1) is 13.1. The van der Waals surface area contributed by atoms with Gasteiger partial charge in [-0.15, -0.1) is 0 Å². The van der Waals surface area contributed by atoms with E-state index < -0.39 is 11.4 Å². The van der Waals surface area contributed by atoms with Crippen LogP contribution in [0.5, 0.6) is 0 Å². The van der Waals surface area contributed by atoms with Crippen molar-refractivity contribution in [3.63, 3.8) is 0 Å². The van der Waals surface area contributed by atoms with Gasteiger partial charge in [-0.05, 0) is 18.3 Å². The van der Waals surface area contributed by atoms with Gasteiger partial charge in [0.25, 0.3) is 0 Å². The van der Waals surface area contributed by atoms with E-state index in [4.69, 9.17) is 5.11 Å². The smallest absolute Gasteiger partial charge is 0.303 e. The van der Waals surface area contributed by atoms with Crippen molar-refractivity contribution < 1.29 is 19.5 Å². The van der Waals surface area contributed by atoms with Gasteiger partial charge in [0.15, 0.2) is 0 Å². The van der Waals surface area contributed by atoms with Crippen LogP contribution in [0.2, 0.25) is 0 Å². The first-order chi connectivity index (χ1) is 8.26. The van der Waals surface area contributed by atoms with Gasteiger partial charge < -0.3 is 5.11 Å². The first-order valence-electron chi connectivity index (χ1n) is 6.32. The summed E-state index contributed by atoms with van der Waals surface area (Å²) >= 11 is 0. The normalized spacial score (nSPS) is 25.1. The molecule has 0 radical (unpaired) electrons. The third-order valence-electron chi connectivity index (χ3n) is 4.15. The van der Waals surface area contributed by atoms with E-state index in [1.165, 1.54) is 4.90 Å². The van der Waals surface area contributed by atoms with Crippen molar-refractivity contribution in [3.8, 4) is 0 Å². The van der Waals surface area contributed by atoms with Crippen molar-refractivity contribution in [3.05, 3.63) is 0 Å². The topological polar surface area (TPSA) is 74.7 Å². The van der Waals surface area contributed by atoms with Crippen LogP contribution in [0.25, 0.3) is 0 Å². The van der Waals surface area contributed by atoms with Gasteiger partial charge >= 0.3 is 5.97 Å². The van der Waals surface area contributed by atoms with Crippen molar-refractivity contribution >= 4 is 17.8 Å². The number of carbonyl (C=O) groups is 3. The molecule has 18 heavy (non-hydrogen) atoms. The van der Waals surface area contributed by atoms with Crippen LogP contribution in [0, 0.1) is 10.8 Å². The largest absolute Gasteiger partial charge is 0.481 e. The van der Waals surface area contributed by atoms with Gasteiger partial charge in [-0.25, -0.2) is 0 Å². The maximum absolute atomic E-state index is 12.1. The third kappa shape index (κ3) is 2.13. The Morgan fingerprint density at radius 1 is 1.33 bits per heavy atom. The lowest BCUT2D eigenvalue weighted by atomic mass is 9.66. The van der Waals surface area contributed by atoms with Crippen LogP contribution >= 0.6 is 0 Å². The Labute approximate surface area is 106 Å². The molecule has 2 amide bonds. The predicted molar refractivity (Wildman–Crippen MR) is 63.7 cm³/mol. The van der Waals surface area contributed by atoms with E-state index >= 15 is 0 Å². The number of carboxylic acid groups (broad SMARTS) is 1. The second kappa shape index (κ2) is 4.07. The Kier molecular flexibility index (Phi) is 2.95. The van der Waals surface area contributed by atoms with E-state index in [0.29, 0.717) is 0 Å². The minimum Gasteiger partial charge on any atom is -0.481 e. The molecule has 1 N–H and O–H groups in total. The molecule has 1 saturated heterocycles. The zero-order valence-electron chi connectivity index (χ0n) is 10.9. The lowest BCUT2D eigenvalue weighted by Gasteiger charge is -2.43. The molecule has 1 saturated carbocycles. The highest BCUT2D eigenvalue weighted by atomic mass is 16.4. The minimum atomic E-state index is -0.854. The van der Waals surface area contributed by atoms with Crippen LogP contribution in [-0.4, -0.2) is 34.3 Å². The zero-order chi connectivity index (χ0) is 13.6. The average molecular weight is 253 g/mol. The Morgan fingerprint density at radius 2 is 1.94 bits per heavy atom. The molecular formula is C13H19NO4. The van der Waals surface area contributed by atoms with Gasteiger partial charge in [0.1, 0.15) is 0 Å². The summed E-state index contributed by atoms with van der Waals surface area (Å²) in [6.45, 7) is 3.80. The number of nitrogens with zero attached hydrogens (tertiary/aromatic N) is 1. The summed E-state index contributed by atoms with van der Waals surface area (Å²) in [6.07, 6.45) is 2.83. The fourth-order valence-corrected chi connectivity index (χ4v) is 2.91. The number of rotatable bonds is 4. The van der Waals surface area contributed by atoms with Crippen LogP contribution in [-0.2, 0) is 14.4 Å². The van der Waals surface area contributed by atoms with E-state index in [0.717, 1.165) is 19.3 Å². The number of likely N-dealkylation sites (tertiary alicyclic amines) is 1. The van der Waals surface area contributed by atoms with Gasteiger partial charge in [-0.3, -0.25) is 19.3 Å². The standard InChI is InChI=1S/C13H19NO4/c1-12(2)6-9(15)14(11(12)18)8-13(4-3-5-13)7-10(16)17/h3-8H2,1-2H3,(H,16,17). The van der Waals surface area contributed by atoms with E-state index in [2.05, 4.69) is 0 Å². The quantitative estimate of drug-likeness (QED) is 0.769. The monoisotopic (exact) mass is 253 g/mol. The molecule has 0 aromatic heterocycles. The van der Waals surface area contributed by atoms with Gasteiger partial charge in [0.2, 0.25) is 11.8 Å². The Hall–Kier alpha value is -1.39. The van der Waals surface area contributed by atoms with Crippen molar-refractivity contribution in [2.24, 2.45) is 10.8 Å². The van der Waals surface area contributed by atoms with Crippen LogP contribution in [0.4, 0.5) is 0 Å². The molecule has 0 aromatic carbocycles. The van der Waals surface area contributed by atoms with Gasteiger partial charge in [-0.1, -0.05) is 20.3 Å². The fourth-order valence-electron chi connectivity index (χ4n) is 2.91. The van der Waals surface area contributed by atoms with Gasteiger partial charge in [0.05, 0.1) is 11.8 Å². The molecule has 0 atom stereocenters. The van der Waals surface area contributed by atoms with E-state index in [9.17, 15) is 14.4 Å². The number of imide groups is 1. The van der Waals surface area contributed by atoms with Gasteiger partial charge in [0, 0.05) is 13.0 Å². The van der Waals surface area contributed by atoms with Gasteiger partial charge in [-0.2, -0.15) is 0 Å². The predicted octanol–water partition coefficient (Wildman–Crippen LogP) is 1.42. The molecule has 1 aliphatic heterocycles. The van der Waals surface area contributed by atoms with E-state index in [-0.39, 0.29) is 36.6 Å². The first-order valence-corrected chi connectivity index (χ1v) is 6.32. The van der Waals surface area contributed by atoms with Crippen LogP contribution in [0.1, 0.15) is 46.0 Å². The Bertz CT molecular complexity index is 409. The number of hydrogen-bond acceptors (Lipinski definition) is 3. The highest BCUT2D eigenvalue weighted by molar-refractivity contribution is 6.05. The van der Waals surface area contributed by atoms with Crippen molar-refractivity contribution in [2.75, 3.05) is 6.54 Å². The summed E-state index contributed by atoms with van der Waals surface area (Å²) in [5, 5.41) is 8.93. The lowest BCUT2D eigenvalue weighted by Crippen LogP contribution is -2.46. The number of carboxylic acids is 1. The molecule has 0 bridgehead atoms. The highest BCUT2D eigenvalue weighted by Gasteiger charge is 2.49. The fraction of sp³-hybridized carbons (Fsp3) is 0.769. The summed E-state index contributed by atoms with van der Waals surface area (Å²) in [6, 6.07) is 0. The second-order valence-electron chi connectivity index (χ2n) is 6.27. The number of amides is 2. The van der Waals surface area contributed by atoms with Crippen molar-refractivity contribution in [2.45, 2.75) is 46.0 Å². The summed E-state index contributed by atoms with van der Waals surface area (Å²) in [4.78, 5) is 36.1. The number of aliphatic carboxylic acids is 1. The summed E-state index contributed by atoms with van der Waals surface area (Å²) in [7, 11) is 0. The summed E-state index contributed by atoms with van der Waals surface area (Å²) in [5.41, 5.74) is -1.01. The molecule has 5 nitrogen and oxygen atoms in total. The number of carbonyl (C=O) groups excluding carboxylic acids is 2. The molecule has 2 rings (SSSR count). The molecule has 1 aliphatic carbocycles. The maximum atomic E-state index is 12.1. The molecule has 0 spiro atoms. The SMILES string of the molecule is CC1(C)CC(=O)N(CC2(CC(=O)O)CCC2)C1=O. The lowest BCUT2D eigenvalue weighted by molar-refractivity contribution is -0.149. The Morgan fingerprint density at radius 3 is 2.28 bits per heavy atom. The average Bonchev–Trinajstić information content (AvgIpc) is 2.36. The van der Waals surface area contributed by atoms with Crippen molar-refractivity contribution in [1.82, 2.24) is 4.90 Å². The zero-order valence-corrected chi connectivity index (χ0v) is 10.9. The molecular weight excluding hydrogens is 234 g/mol. The molecule has 5 heteroatoms.